The molecule has 0 fully saturated rings. The van der Waals surface area contributed by atoms with Gasteiger partial charge in [-0.05, 0) is 43.1 Å². The molecule has 0 aliphatic heterocycles. The van der Waals surface area contributed by atoms with Crippen molar-refractivity contribution in [2.75, 3.05) is 6.61 Å². The number of aliphatic hydroxyl groups excluding tert-OH is 2. The summed E-state index contributed by atoms with van der Waals surface area (Å²) >= 11 is 0. The second-order valence-electron chi connectivity index (χ2n) is 5.30. The van der Waals surface area contributed by atoms with E-state index >= 15 is 0 Å². The molecule has 0 aromatic carbocycles. The van der Waals surface area contributed by atoms with Crippen LogP contribution in [-0.4, -0.2) is 22.9 Å². The largest absolute Gasteiger partial charge is 0.392 e. The molecule has 0 heterocycles. The Labute approximate surface area is 98.7 Å². The summed E-state index contributed by atoms with van der Waals surface area (Å²) in [6, 6.07) is 0. The van der Waals surface area contributed by atoms with Crippen LogP contribution in [0.5, 0.6) is 0 Å². The van der Waals surface area contributed by atoms with E-state index < -0.39 is 6.10 Å². The normalized spacial score (nSPS) is 23.9. The van der Waals surface area contributed by atoms with Gasteiger partial charge in [-0.3, -0.25) is 0 Å². The maximum atomic E-state index is 9.86. The lowest BCUT2D eigenvalue weighted by atomic mass is 9.82. The highest BCUT2D eigenvalue weighted by Gasteiger charge is 2.37. The van der Waals surface area contributed by atoms with Crippen molar-refractivity contribution < 1.29 is 10.2 Å². The highest BCUT2D eigenvalue weighted by Crippen LogP contribution is 2.44. The zero-order chi connectivity index (χ0) is 12.2. The Morgan fingerprint density at radius 2 is 2.12 bits per heavy atom. The monoisotopic (exact) mass is 224 g/mol. The Morgan fingerprint density at radius 1 is 1.44 bits per heavy atom. The van der Waals surface area contributed by atoms with Crippen molar-refractivity contribution in [3.05, 3.63) is 23.8 Å². The Kier molecular flexibility index (Phi) is 4.75. The third-order valence-electron chi connectivity index (χ3n) is 3.57. The summed E-state index contributed by atoms with van der Waals surface area (Å²) in [7, 11) is 0. The van der Waals surface area contributed by atoms with Crippen LogP contribution in [0.15, 0.2) is 23.8 Å². The molecule has 2 nitrogen and oxygen atoms in total. The molecule has 0 unspecified atom stereocenters. The fraction of sp³-hybridized carbons (Fsp3) is 0.714. The van der Waals surface area contributed by atoms with Crippen LogP contribution in [0.1, 0.15) is 46.0 Å². The van der Waals surface area contributed by atoms with Gasteiger partial charge in [0.25, 0.3) is 0 Å². The maximum absolute atomic E-state index is 9.86. The first-order valence-corrected chi connectivity index (χ1v) is 6.15. The number of rotatable bonds is 6. The third-order valence-corrected chi connectivity index (χ3v) is 3.57. The minimum absolute atomic E-state index is 0.00138. The Morgan fingerprint density at radius 3 is 2.69 bits per heavy atom. The van der Waals surface area contributed by atoms with Gasteiger partial charge >= 0.3 is 0 Å². The minimum Gasteiger partial charge on any atom is -0.392 e. The molecule has 0 radical (unpaired) electrons. The van der Waals surface area contributed by atoms with Gasteiger partial charge in [0, 0.05) is 0 Å². The molecule has 0 spiro atoms. The molecule has 1 aliphatic rings. The Bertz CT molecular complexity index is 276. The zero-order valence-electron chi connectivity index (χ0n) is 10.5. The number of hydrogen-bond donors (Lipinski definition) is 2. The van der Waals surface area contributed by atoms with E-state index in [4.69, 9.17) is 0 Å². The molecule has 2 N–H and O–H groups in total. The summed E-state index contributed by atoms with van der Waals surface area (Å²) < 4.78 is 0. The van der Waals surface area contributed by atoms with Crippen LogP contribution in [0, 0.1) is 5.41 Å². The molecular weight excluding hydrogens is 200 g/mol. The second-order valence-corrected chi connectivity index (χ2v) is 5.30. The van der Waals surface area contributed by atoms with Crippen molar-refractivity contribution in [2.45, 2.75) is 52.1 Å². The van der Waals surface area contributed by atoms with Gasteiger partial charge in [0.1, 0.15) is 0 Å². The quantitative estimate of drug-likeness (QED) is 0.538. The van der Waals surface area contributed by atoms with Crippen LogP contribution in [0.2, 0.25) is 0 Å². The molecule has 16 heavy (non-hydrogen) atoms. The molecule has 92 valence electrons. The fourth-order valence-electron chi connectivity index (χ4n) is 2.66. The van der Waals surface area contributed by atoms with Gasteiger partial charge in [0.15, 0.2) is 0 Å². The highest BCUT2D eigenvalue weighted by atomic mass is 16.3. The molecule has 0 bridgehead atoms. The maximum Gasteiger partial charge on any atom is 0.0783 e. The lowest BCUT2D eigenvalue weighted by Crippen LogP contribution is -2.13. The van der Waals surface area contributed by atoms with Crippen molar-refractivity contribution in [1.29, 1.82) is 0 Å². The molecule has 1 rings (SSSR count). The number of aliphatic hydroxyl groups is 2. The van der Waals surface area contributed by atoms with Crippen LogP contribution in [0.4, 0.5) is 0 Å². The average molecular weight is 224 g/mol. The van der Waals surface area contributed by atoms with E-state index in [2.05, 4.69) is 20.4 Å². The van der Waals surface area contributed by atoms with Gasteiger partial charge in [-0.1, -0.05) is 25.5 Å². The molecule has 2 heteroatoms. The van der Waals surface area contributed by atoms with Crippen LogP contribution in [0.25, 0.3) is 0 Å². The first-order valence-electron chi connectivity index (χ1n) is 6.15. The topological polar surface area (TPSA) is 40.5 Å². The van der Waals surface area contributed by atoms with Gasteiger partial charge in [-0.25, -0.2) is 0 Å². The molecule has 0 aromatic heterocycles. The van der Waals surface area contributed by atoms with Crippen molar-refractivity contribution >= 4 is 0 Å². The highest BCUT2D eigenvalue weighted by molar-refractivity contribution is 5.31. The fourth-order valence-corrected chi connectivity index (χ4v) is 2.66. The SMILES string of the molecule is C=CCCCCC1=C(CO)[C@@H](O)CC1(C)C. The molecule has 0 saturated heterocycles. The first kappa shape index (κ1) is 13.5. The summed E-state index contributed by atoms with van der Waals surface area (Å²) in [5.41, 5.74) is 2.18. The molecule has 0 amide bonds. The number of unbranched alkanes of at least 4 members (excludes halogenated alkanes) is 2. The minimum atomic E-state index is -0.436. The smallest absolute Gasteiger partial charge is 0.0783 e. The third kappa shape index (κ3) is 2.96. The van der Waals surface area contributed by atoms with Crippen LogP contribution >= 0.6 is 0 Å². The Balaban J connectivity index is 2.64. The zero-order valence-corrected chi connectivity index (χ0v) is 10.5. The molecule has 0 aromatic rings. The van der Waals surface area contributed by atoms with Gasteiger partial charge in [-0.2, -0.15) is 0 Å². The van der Waals surface area contributed by atoms with Crippen molar-refractivity contribution in [2.24, 2.45) is 5.41 Å². The predicted molar refractivity (Wildman–Crippen MR) is 67.2 cm³/mol. The van der Waals surface area contributed by atoms with E-state index in [0.29, 0.717) is 0 Å². The van der Waals surface area contributed by atoms with Gasteiger partial charge in [-0.15, -0.1) is 6.58 Å². The summed E-state index contributed by atoms with van der Waals surface area (Å²) in [5.74, 6) is 0. The van der Waals surface area contributed by atoms with Gasteiger partial charge in [0.05, 0.1) is 12.7 Å². The second kappa shape index (κ2) is 5.65. The van der Waals surface area contributed by atoms with Crippen LogP contribution < -0.4 is 0 Å². The summed E-state index contributed by atoms with van der Waals surface area (Å²) in [5, 5.41) is 19.2. The van der Waals surface area contributed by atoms with Crippen molar-refractivity contribution in [3.63, 3.8) is 0 Å². The molecule has 0 saturated carbocycles. The van der Waals surface area contributed by atoms with Gasteiger partial charge < -0.3 is 10.2 Å². The Hall–Kier alpha value is -0.600. The summed E-state index contributed by atoms with van der Waals surface area (Å²) in [4.78, 5) is 0. The van der Waals surface area contributed by atoms with Crippen LogP contribution in [-0.2, 0) is 0 Å². The lowest BCUT2D eigenvalue weighted by Gasteiger charge is -2.22. The molecule has 1 aliphatic carbocycles. The van der Waals surface area contributed by atoms with Gasteiger partial charge in [0.2, 0.25) is 0 Å². The molecular formula is C14H24O2. The van der Waals surface area contributed by atoms with Crippen molar-refractivity contribution in [1.82, 2.24) is 0 Å². The van der Waals surface area contributed by atoms with Crippen molar-refractivity contribution in [3.8, 4) is 0 Å². The van der Waals surface area contributed by atoms with E-state index in [1.807, 2.05) is 6.08 Å². The van der Waals surface area contributed by atoms with E-state index in [-0.39, 0.29) is 12.0 Å². The van der Waals surface area contributed by atoms with Crippen LogP contribution in [0.3, 0.4) is 0 Å². The standard InChI is InChI=1S/C14H24O2/c1-4-5-6-7-8-12-11(10-15)13(16)9-14(12,2)3/h4,13,15-16H,1,5-10H2,2-3H3/t13-/m0/s1. The van der Waals surface area contributed by atoms with E-state index in [1.54, 1.807) is 0 Å². The molecule has 1 atom stereocenters. The van der Waals surface area contributed by atoms with E-state index in [1.165, 1.54) is 5.57 Å². The number of allylic oxidation sites excluding steroid dienone is 2. The lowest BCUT2D eigenvalue weighted by molar-refractivity contribution is 0.168. The average Bonchev–Trinajstić information content (AvgIpc) is 2.42. The summed E-state index contributed by atoms with van der Waals surface area (Å²) in [6.45, 7) is 8.02. The van der Waals surface area contributed by atoms with E-state index in [0.717, 1.165) is 37.7 Å². The summed E-state index contributed by atoms with van der Waals surface area (Å²) in [6.07, 6.45) is 6.54. The predicted octanol–water partition coefficient (Wildman–Crippen LogP) is 2.81. The van der Waals surface area contributed by atoms with E-state index in [9.17, 15) is 10.2 Å². The first-order chi connectivity index (χ1) is 7.53. The number of hydrogen-bond acceptors (Lipinski definition) is 2.